The molecule has 17 heteroatoms. The van der Waals surface area contributed by atoms with E-state index in [9.17, 15) is 40.7 Å². The van der Waals surface area contributed by atoms with Gasteiger partial charge in [0.25, 0.3) is 5.91 Å². The van der Waals surface area contributed by atoms with Crippen LogP contribution in [0.15, 0.2) is 54.7 Å². The van der Waals surface area contributed by atoms with Gasteiger partial charge in [0, 0.05) is 54.9 Å². The first kappa shape index (κ1) is 37.6. The fourth-order valence-corrected chi connectivity index (χ4v) is 6.44. The Hall–Kier alpha value is -4.70. The summed E-state index contributed by atoms with van der Waals surface area (Å²) in [5, 5.41) is 13.3. The molecular weight excluding hydrogens is 708 g/mol. The average molecular weight is 740 g/mol. The standard InChI is InChI=1S/C32H31ClF3N5O3.C2HF3O2/c33-24-3-1-2-21(13-24)22-14-26(32(34,35)36)29(38-17-22)40-10-8-19(9-11-40)15-37-16-20-4-5-25-23(12-20)18-41(31(25)44)27-6-7-28(42)39-30(27)43;3-2(4,5)1(6)7/h1-5,12-14,17,19,27,37H,6-11,15-16,18H2,(H,39,42,43);(H,6,7). The largest absolute Gasteiger partial charge is 0.490 e. The number of carboxylic acid groups (broad SMARTS) is 1. The van der Waals surface area contributed by atoms with Crippen molar-refractivity contribution in [2.45, 2.75) is 57.2 Å². The van der Waals surface area contributed by atoms with E-state index in [1.807, 2.05) is 12.1 Å². The molecule has 1 aromatic heterocycles. The number of nitrogens with zero attached hydrogens (tertiary/aromatic N) is 3. The van der Waals surface area contributed by atoms with Crippen LogP contribution in [0.4, 0.5) is 32.2 Å². The summed E-state index contributed by atoms with van der Waals surface area (Å²) in [4.78, 5) is 53.1. The Morgan fingerprint density at radius 2 is 1.69 bits per heavy atom. The van der Waals surface area contributed by atoms with Crippen LogP contribution in [0.3, 0.4) is 0 Å². The van der Waals surface area contributed by atoms with Gasteiger partial charge in [-0.1, -0.05) is 35.9 Å². The van der Waals surface area contributed by atoms with Gasteiger partial charge in [0.2, 0.25) is 11.8 Å². The number of fused-ring (bicyclic) bond motifs is 1. The highest BCUT2D eigenvalue weighted by molar-refractivity contribution is 6.30. The number of nitrogens with one attached hydrogen (secondary N) is 2. The van der Waals surface area contributed by atoms with Crippen molar-refractivity contribution < 1.29 is 50.6 Å². The third-order valence-electron chi connectivity index (χ3n) is 8.84. The normalized spacial score (nSPS) is 18.3. The van der Waals surface area contributed by atoms with Crippen LogP contribution >= 0.6 is 11.6 Å². The van der Waals surface area contributed by atoms with Crippen molar-refractivity contribution in [3.8, 4) is 11.1 Å². The zero-order chi connectivity index (χ0) is 37.1. The number of hydrogen-bond donors (Lipinski definition) is 3. The summed E-state index contributed by atoms with van der Waals surface area (Å²) in [5.74, 6) is -3.47. The molecule has 2 saturated heterocycles. The molecule has 2 aromatic carbocycles. The minimum Gasteiger partial charge on any atom is -0.475 e. The van der Waals surface area contributed by atoms with Crippen molar-refractivity contribution >= 4 is 41.1 Å². The number of rotatable bonds is 7. The van der Waals surface area contributed by atoms with Crippen molar-refractivity contribution in [2.24, 2.45) is 5.92 Å². The molecule has 3 amide bonds. The summed E-state index contributed by atoms with van der Waals surface area (Å²) in [5.41, 5.74) is 2.60. The van der Waals surface area contributed by atoms with Gasteiger partial charge in [-0.25, -0.2) is 9.78 Å². The topological polar surface area (TPSA) is 132 Å². The lowest BCUT2D eigenvalue weighted by Gasteiger charge is -2.34. The number of piperidine rings is 2. The number of pyridine rings is 1. The lowest BCUT2D eigenvalue weighted by atomic mass is 9.96. The van der Waals surface area contributed by atoms with Gasteiger partial charge >= 0.3 is 18.3 Å². The highest BCUT2D eigenvalue weighted by Crippen LogP contribution is 2.39. The number of carboxylic acids is 1. The highest BCUT2D eigenvalue weighted by atomic mass is 35.5. The lowest BCUT2D eigenvalue weighted by molar-refractivity contribution is -0.192. The number of carbonyl (C=O) groups excluding carboxylic acids is 3. The second kappa shape index (κ2) is 15.3. The third kappa shape index (κ3) is 9.16. The maximum Gasteiger partial charge on any atom is 0.490 e. The second-order valence-corrected chi connectivity index (χ2v) is 12.8. The van der Waals surface area contributed by atoms with Crippen molar-refractivity contribution in [3.05, 3.63) is 82.0 Å². The number of halogens is 7. The van der Waals surface area contributed by atoms with Gasteiger partial charge in [-0.05, 0) is 72.7 Å². The molecular formula is C34H32ClF6N5O5. The van der Waals surface area contributed by atoms with E-state index in [4.69, 9.17) is 21.5 Å². The minimum absolute atomic E-state index is 0.0475. The lowest BCUT2D eigenvalue weighted by Crippen LogP contribution is -2.52. The van der Waals surface area contributed by atoms with E-state index in [2.05, 4.69) is 15.6 Å². The van der Waals surface area contributed by atoms with Gasteiger partial charge in [0.1, 0.15) is 11.9 Å². The Labute approximate surface area is 292 Å². The smallest absolute Gasteiger partial charge is 0.475 e. The van der Waals surface area contributed by atoms with E-state index in [0.29, 0.717) is 66.8 Å². The van der Waals surface area contributed by atoms with Crippen LogP contribution in [0.25, 0.3) is 11.1 Å². The Balaban J connectivity index is 0.000000654. The molecule has 0 bridgehead atoms. The van der Waals surface area contributed by atoms with Crippen molar-refractivity contribution in [3.63, 3.8) is 0 Å². The number of hydrogen-bond acceptors (Lipinski definition) is 7. The molecule has 1 unspecified atom stereocenters. The maximum atomic E-state index is 14.1. The molecule has 2 fully saturated rings. The first-order valence-corrected chi connectivity index (χ1v) is 16.2. The Bertz CT molecular complexity index is 1810. The van der Waals surface area contributed by atoms with Crippen LogP contribution in [0.5, 0.6) is 0 Å². The molecule has 272 valence electrons. The summed E-state index contributed by atoms with van der Waals surface area (Å²) < 4.78 is 74.0. The SMILES string of the molecule is O=C(O)C(F)(F)F.O=C1CCC(N2Cc3cc(CNCC4CCN(c5ncc(-c6cccc(Cl)c6)cc5C(F)(F)F)CC4)ccc3C2=O)C(=O)N1. The molecule has 51 heavy (non-hydrogen) atoms. The Kier molecular flexibility index (Phi) is 11.2. The summed E-state index contributed by atoms with van der Waals surface area (Å²) in [6.07, 6.45) is -6.18. The number of aromatic nitrogens is 1. The van der Waals surface area contributed by atoms with Crippen LogP contribution in [-0.4, -0.2) is 70.5 Å². The fraction of sp³-hybridized carbons (Fsp3) is 0.382. The molecule has 6 rings (SSSR count). The quantitative estimate of drug-likeness (QED) is 0.204. The van der Waals surface area contributed by atoms with Gasteiger partial charge in [0.15, 0.2) is 0 Å². The van der Waals surface area contributed by atoms with Crippen LogP contribution < -0.4 is 15.5 Å². The van der Waals surface area contributed by atoms with E-state index in [-0.39, 0.29) is 24.1 Å². The Morgan fingerprint density at radius 1 is 0.980 bits per heavy atom. The predicted molar refractivity (Wildman–Crippen MR) is 173 cm³/mol. The molecule has 3 aliphatic rings. The molecule has 3 N–H and O–H groups in total. The minimum atomic E-state index is -5.08. The van der Waals surface area contributed by atoms with E-state index in [1.165, 1.54) is 11.1 Å². The molecule has 3 aromatic rings. The van der Waals surface area contributed by atoms with Crippen molar-refractivity contribution in [2.75, 3.05) is 24.5 Å². The molecule has 0 aliphatic carbocycles. The van der Waals surface area contributed by atoms with E-state index in [0.717, 1.165) is 30.0 Å². The third-order valence-corrected chi connectivity index (χ3v) is 9.07. The molecule has 0 spiro atoms. The summed E-state index contributed by atoms with van der Waals surface area (Å²) >= 11 is 6.04. The maximum absolute atomic E-state index is 14.1. The predicted octanol–water partition coefficient (Wildman–Crippen LogP) is 5.82. The van der Waals surface area contributed by atoms with Gasteiger partial charge in [-0.15, -0.1) is 0 Å². The van der Waals surface area contributed by atoms with E-state index >= 15 is 0 Å². The van der Waals surface area contributed by atoms with Crippen LogP contribution in [0.1, 0.15) is 52.7 Å². The first-order valence-electron chi connectivity index (χ1n) is 15.9. The number of imide groups is 1. The molecule has 0 radical (unpaired) electrons. The van der Waals surface area contributed by atoms with Crippen molar-refractivity contribution in [1.29, 1.82) is 0 Å². The second-order valence-electron chi connectivity index (χ2n) is 12.4. The number of benzene rings is 2. The molecule has 1 atom stereocenters. The van der Waals surface area contributed by atoms with Gasteiger partial charge in [0.05, 0.1) is 5.56 Å². The molecule has 0 saturated carbocycles. The summed E-state index contributed by atoms with van der Waals surface area (Å²) in [6.45, 7) is 2.54. The zero-order valence-electron chi connectivity index (χ0n) is 26.8. The number of aliphatic carboxylic acids is 1. The van der Waals surface area contributed by atoms with Crippen molar-refractivity contribution in [1.82, 2.24) is 20.5 Å². The molecule has 3 aliphatic heterocycles. The van der Waals surface area contributed by atoms with E-state index < -0.39 is 35.8 Å². The van der Waals surface area contributed by atoms with Gasteiger partial charge in [-0.2, -0.15) is 26.3 Å². The summed E-state index contributed by atoms with van der Waals surface area (Å²) in [7, 11) is 0. The van der Waals surface area contributed by atoms with E-state index in [1.54, 1.807) is 35.2 Å². The number of amides is 3. The number of alkyl halides is 6. The van der Waals surface area contributed by atoms with Crippen LogP contribution in [0.2, 0.25) is 5.02 Å². The van der Waals surface area contributed by atoms with Gasteiger partial charge < -0.3 is 20.2 Å². The van der Waals surface area contributed by atoms with Crippen LogP contribution in [-0.2, 0) is 33.6 Å². The van der Waals surface area contributed by atoms with Crippen LogP contribution in [0, 0.1) is 5.92 Å². The monoisotopic (exact) mass is 739 g/mol. The number of anilines is 1. The fourth-order valence-electron chi connectivity index (χ4n) is 6.25. The number of carbonyl (C=O) groups is 4. The first-order chi connectivity index (χ1) is 24.0. The summed E-state index contributed by atoms with van der Waals surface area (Å²) in [6, 6.07) is 12.8. The molecule has 4 heterocycles. The highest BCUT2D eigenvalue weighted by Gasteiger charge is 2.40. The van der Waals surface area contributed by atoms with Gasteiger partial charge in [-0.3, -0.25) is 19.7 Å². The molecule has 10 nitrogen and oxygen atoms in total. The zero-order valence-corrected chi connectivity index (χ0v) is 27.5. The Morgan fingerprint density at radius 3 is 2.31 bits per heavy atom. The average Bonchev–Trinajstić information content (AvgIpc) is 3.39.